The van der Waals surface area contributed by atoms with Gasteiger partial charge in [-0.3, -0.25) is 4.79 Å². The minimum atomic E-state index is -0.331. The summed E-state index contributed by atoms with van der Waals surface area (Å²) in [6.45, 7) is 2.37. The van der Waals surface area contributed by atoms with Crippen LogP contribution in [0, 0.1) is 0 Å². The van der Waals surface area contributed by atoms with Gasteiger partial charge in [0, 0.05) is 17.9 Å². The van der Waals surface area contributed by atoms with Gasteiger partial charge in [-0.15, -0.1) is 0 Å². The summed E-state index contributed by atoms with van der Waals surface area (Å²) in [6, 6.07) is 6.73. The monoisotopic (exact) mass is 281 g/mol. The quantitative estimate of drug-likeness (QED) is 0.781. The molecule has 0 unspecified atom stereocenters. The molecule has 0 aliphatic rings. The number of anilines is 1. The van der Waals surface area contributed by atoms with Crippen LogP contribution in [0.15, 0.2) is 24.3 Å². The minimum Gasteiger partial charge on any atom is -0.462 e. The Morgan fingerprint density at radius 3 is 2.53 bits per heavy atom. The van der Waals surface area contributed by atoms with Gasteiger partial charge in [-0.05, 0) is 36.9 Å². The van der Waals surface area contributed by atoms with E-state index in [-0.39, 0.29) is 11.9 Å². The Hall–Kier alpha value is -1.49. The van der Waals surface area contributed by atoms with Crippen molar-refractivity contribution in [2.75, 3.05) is 23.9 Å². The number of rotatable bonds is 7. The summed E-state index contributed by atoms with van der Waals surface area (Å²) in [7, 11) is 0. The van der Waals surface area contributed by atoms with E-state index in [1.54, 1.807) is 36.0 Å². The van der Waals surface area contributed by atoms with E-state index in [9.17, 15) is 9.59 Å². The molecule has 5 heteroatoms. The maximum absolute atomic E-state index is 11.6. The third kappa shape index (κ3) is 5.79. The second-order valence-electron chi connectivity index (χ2n) is 4.00. The first-order chi connectivity index (χ1) is 9.17. The predicted octanol–water partition coefficient (Wildman–Crippen LogP) is 2.95. The van der Waals surface area contributed by atoms with Crippen LogP contribution in [0.4, 0.5) is 5.69 Å². The number of thioether (sulfide) groups is 1. The summed E-state index contributed by atoms with van der Waals surface area (Å²) in [5, 5.41) is 2.78. The number of hydrogen-bond acceptors (Lipinski definition) is 4. The topological polar surface area (TPSA) is 55.4 Å². The van der Waals surface area contributed by atoms with Crippen LogP contribution < -0.4 is 5.32 Å². The average molecular weight is 281 g/mol. The van der Waals surface area contributed by atoms with Crippen LogP contribution in [0.5, 0.6) is 0 Å². The standard InChI is InChI=1S/C14H19NO3S/c1-3-9-18-14(17)11-4-6-12(7-5-11)15-13(16)8-10-19-2/h4-7H,3,8-10H2,1-2H3,(H,15,16). The Morgan fingerprint density at radius 1 is 1.26 bits per heavy atom. The Bertz CT molecular complexity index is 417. The van der Waals surface area contributed by atoms with Crippen molar-refractivity contribution in [3.63, 3.8) is 0 Å². The van der Waals surface area contributed by atoms with E-state index in [1.807, 2.05) is 13.2 Å². The molecule has 0 aromatic heterocycles. The fourth-order valence-electron chi connectivity index (χ4n) is 1.39. The molecule has 19 heavy (non-hydrogen) atoms. The number of carbonyl (C=O) groups excluding carboxylic acids is 2. The molecule has 0 fully saturated rings. The average Bonchev–Trinajstić information content (AvgIpc) is 2.43. The highest BCUT2D eigenvalue weighted by molar-refractivity contribution is 7.98. The third-order valence-electron chi connectivity index (χ3n) is 2.37. The number of ether oxygens (including phenoxy) is 1. The molecule has 0 heterocycles. The summed E-state index contributed by atoms with van der Waals surface area (Å²) in [4.78, 5) is 23.1. The Labute approximate surface area is 117 Å². The van der Waals surface area contributed by atoms with Crippen molar-refractivity contribution < 1.29 is 14.3 Å². The summed E-state index contributed by atoms with van der Waals surface area (Å²) < 4.78 is 5.02. The maximum Gasteiger partial charge on any atom is 0.338 e. The Balaban J connectivity index is 2.51. The number of nitrogens with one attached hydrogen (secondary N) is 1. The molecule has 0 radical (unpaired) electrons. The molecule has 1 N–H and O–H groups in total. The van der Waals surface area contributed by atoms with Crippen LogP contribution in [-0.4, -0.2) is 30.5 Å². The van der Waals surface area contributed by atoms with Crippen molar-refractivity contribution in [3.8, 4) is 0 Å². The minimum absolute atomic E-state index is 0.0179. The van der Waals surface area contributed by atoms with E-state index in [2.05, 4.69) is 5.32 Å². The van der Waals surface area contributed by atoms with Crippen LogP contribution >= 0.6 is 11.8 Å². The van der Waals surface area contributed by atoms with E-state index in [0.29, 0.717) is 24.3 Å². The predicted molar refractivity (Wildman–Crippen MR) is 78.6 cm³/mol. The van der Waals surface area contributed by atoms with Gasteiger partial charge in [0.25, 0.3) is 0 Å². The number of esters is 1. The van der Waals surface area contributed by atoms with Gasteiger partial charge in [-0.2, -0.15) is 11.8 Å². The van der Waals surface area contributed by atoms with Crippen LogP contribution in [0.25, 0.3) is 0 Å². The second kappa shape index (κ2) is 8.58. The zero-order valence-electron chi connectivity index (χ0n) is 11.3. The van der Waals surface area contributed by atoms with Gasteiger partial charge >= 0.3 is 5.97 Å². The highest BCUT2D eigenvalue weighted by Gasteiger charge is 2.07. The van der Waals surface area contributed by atoms with Crippen molar-refractivity contribution in [1.82, 2.24) is 0 Å². The molecule has 1 amide bonds. The third-order valence-corrected chi connectivity index (χ3v) is 2.99. The highest BCUT2D eigenvalue weighted by Crippen LogP contribution is 2.11. The number of amides is 1. The van der Waals surface area contributed by atoms with Crippen LogP contribution in [0.3, 0.4) is 0 Å². The lowest BCUT2D eigenvalue weighted by atomic mass is 10.2. The summed E-state index contributed by atoms with van der Waals surface area (Å²) in [5.41, 5.74) is 1.19. The highest BCUT2D eigenvalue weighted by atomic mass is 32.2. The van der Waals surface area contributed by atoms with Crippen LogP contribution in [0.2, 0.25) is 0 Å². The molecular formula is C14H19NO3S. The van der Waals surface area contributed by atoms with E-state index >= 15 is 0 Å². The lowest BCUT2D eigenvalue weighted by molar-refractivity contribution is -0.115. The molecule has 1 aromatic carbocycles. The van der Waals surface area contributed by atoms with Crippen molar-refractivity contribution in [2.24, 2.45) is 0 Å². The molecular weight excluding hydrogens is 262 g/mol. The molecule has 0 saturated carbocycles. The first-order valence-electron chi connectivity index (χ1n) is 6.23. The van der Waals surface area contributed by atoms with E-state index in [4.69, 9.17) is 4.74 Å². The Morgan fingerprint density at radius 2 is 1.95 bits per heavy atom. The molecule has 0 atom stereocenters. The van der Waals surface area contributed by atoms with E-state index < -0.39 is 0 Å². The zero-order valence-corrected chi connectivity index (χ0v) is 12.1. The van der Waals surface area contributed by atoms with Gasteiger partial charge < -0.3 is 10.1 Å². The Kier molecular flexibility index (Phi) is 7.03. The van der Waals surface area contributed by atoms with Crippen LogP contribution in [0.1, 0.15) is 30.1 Å². The first-order valence-corrected chi connectivity index (χ1v) is 7.62. The normalized spacial score (nSPS) is 10.0. The molecule has 104 valence electrons. The maximum atomic E-state index is 11.6. The molecule has 0 aliphatic heterocycles. The molecule has 4 nitrogen and oxygen atoms in total. The summed E-state index contributed by atoms with van der Waals surface area (Å²) in [5.74, 6) is 0.450. The fraction of sp³-hybridized carbons (Fsp3) is 0.429. The van der Waals surface area contributed by atoms with E-state index in [0.717, 1.165) is 12.2 Å². The van der Waals surface area contributed by atoms with Gasteiger partial charge in [-0.25, -0.2) is 4.79 Å². The van der Waals surface area contributed by atoms with E-state index in [1.165, 1.54) is 0 Å². The smallest absolute Gasteiger partial charge is 0.338 e. The van der Waals surface area contributed by atoms with Gasteiger partial charge in [0.15, 0.2) is 0 Å². The summed E-state index contributed by atoms with van der Waals surface area (Å²) >= 11 is 1.63. The fourth-order valence-corrected chi connectivity index (χ4v) is 1.78. The molecule has 1 aromatic rings. The largest absolute Gasteiger partial charge is 0.462 e. The van der Waals surface area contributed by atoms with Crippen molar-refractivity contribution in [1.29, 1.82) is 0 Å². The summed E-state index contributed by atoms with van der Waals surface area (Å²) in [6.07, 6.45) is 3.25. The number of carbonyl (C=O) groups is 2. The lowest BCUT2D eigenvalue weighted by Gasteiger charge is -2.06. The van der Waals surface area contributed by atoms with Gasteiger partial charge in [0.1, 0.15) is 0 Å². The molecule has 0 spiro atoms. The first kappa shape index (κ1) is 15.6. The molecule has 0 aliphatic carbocycles. The molecule has 0 bridgehead atoms. The zero-order chi connectivity index (χ0) is 14.1. The van der Waals surface area contributed by atoms with Crippen LogP contribution in [-0.2, 0) is 9.53 Å². The van der Waals surface area contributed by atoms with Crippen molar-refractivity contribution >= 4 is 29.3 Å². The number of hydrogen-bond donors (Lipinski definition) is 1. The number of benzene rings is 1. The molecule has 0 saturated heterocycles. The van der Waals surface area contributed by atoms with Crippen molar-refractivity contribution in [3.05, 3.63) is 29.8 Å². The second-order valence-corrected chi connectivity index (χ2v) is 4.99. The van der Waals surface area contributed by atoms with Gasteiger partial charge in [0.2, 0.25) is 5.91 Å². The lowest BCUT2D eigenvalue weighted by Crippen LogP contribution is -2.12. The van der Waals surface area contributed by atoms with Crippen molar-refractivity contribution in [2.45, 2.75) is 19.8 Å². The van der Waals surface area contributed by atoms with Gasteiger partial charge in [0.05, 0.1) is 12.2 Å². The molecule has 1 rings (SSSR count). The van der Waals surface area contributed by atoms with Gasteiger partial charge in [-0.1, -0.05) is 6.92 Å². The SMILES string of the molecule is CCCOC(=O)c1ccc(NC(=O)CCSC)cc1.